The molecule has 0 heterocycles. The number of rotatable bonds is 4. The SMILES string of the molecule is CC(C)CSc1ccc(C=O)c(C(F)(F)F)c1. The van der Waals surface area contributed by atoms with Crippen LogP contribution in [0.15, 0.2) is 23.1 Å². The van der Waals surface area contributed by atoms with Gasteiger partial charge in [0.1, 0.15) is 0 Å². The molecule has 0 aliphatic carbocycles. The highest BCUT2D eigenvalue weighted by Gasteiger charge is 2.33. The molecule has 0 bridgehead atoms. The molecule has 0 atom stereocenters. The van der Waals surface area contributed by atoms with Gasteiger partial charge in [-0.3, -0.25) is 4.79 Å². The molecule has 0 radical (unpaired) electrons. The minimum Gasteiger partial charge on any atom is -0.298 e. The number of benzene rings is 1. The third kappa shape index (κ3) is 4.07. The summed E-state index contributed by atoms with van der Waals surface area (Å²) in [6.07, 6.45) is -4.25. The summed E-state index contributed by atoms with van der Waals surface area (Å²) in [5.74, 6) is 1.15. The topological polar surface area (TPSA) is 17.1 Å². The molecule has 0 saturated heterocycles. The van der Waals surface area contributed by atoms with Crippen LogP contribution in [0.25, 0.3) is 0 Å². The normalized spacial score (nSPS) is 11.9. The Balaban J connectivity index is 3.01. The van der Waals surface area contributed by atoms with Crippen molar-refractivity contribution in [3.05, 3.63) is 29.3 Å². The third-order valence-electron chi connectivity index (χ3n) is 2.04. The van der Waals surface area contributed by atoms with E-state index in [9.17, 15) is 18.0 Å². The summed E-state index contributed by atoms with van der Waals surface area (Å²) in [6.45, 7) is 3.99. The first-order valence-corrected chi connectivity index (χ1v) is 6.12. The maximum absolute atomic E-state index is 12.6. The number of alkyl halides is 3. The molecule has 1 rings (SSSR count). The van der Waals surface area contributed by atoms with E-state index in [4.69, 9.17) is 0 Å². The van der Waals surface area contributed by atoms with Crippen LogP contribution in [0.1, 0.15) is 29.8 Å². The summed E-state index contributed by atoms with van der Waals surface area (Å²) >= 11 is 1.36. The zero-order valence-electron chi connectivity index (χ0n) is 9.54. The van der Waals surface area contributed by atoms with E-state index in [1.54, 1.807) is 6.07 Å². The lowest BCUT2D eigenvalue weighted by molar-refractivity contribution is -0.138. The molecular formula is C12H13F3OS. The van der Waals surface area contributed by atoms with Crippen molar-refractivity contribution in [3.63, 3.8) is 0 Å². The largest absolute Gasteiger partial charge is 0.417 e. The molecular weight excluding hydrogens is 249 g/mol. The number of carbonyl (C=O) groups excluding carboxylic acids is 1. The summed E-state index contributed by atoms with van der Waals surface area (Å²) in [4.78, 5) is 11.1. The molecule has 0 aromatic heterocycles. The Labute approximate surface area is 102 Å². The molecule has 17 heavy (non-hydrogen) atoms. The van der Waals surface area contributed by atoms with Crippen molar-refractivity contribution in [2.24, 2.45) is 5.92 Å². The van der Waals surface area contributed by atoms with Gasteiger partial charge in [-0.15, -0.1) is 11.8 Å². The number of hydrogen-bond donors (Lipinski definition) is 0. The lowest BCUT2D eigenvalue weighted by atomic mass is 10.1. The molecule has 0 fully saturated rings. The van der Waals surface area contributed by atoms with E-state index in [1.807, 2.05) is 13.8 Å². The van der Waals surface area contributed by atoms with Crippen LogP contribution >= 0.6 is 11.8 Å². The molecule has 0 saturated carbocycles. The zero-order chi connectivity index (χ0) is 13.1. The Morgan fingerprint density at radius 3 is 2.47 bits per heavy atom. The van der Waals surface area contributed by atoms with Gasteiger partial charge in [-0.1, -0.05) is 13.8 Å². The Morgan fingerprint density at radius 1 is 1.35 bits per heavy atom. The monoisotopic (exact) mass is 262 g/mol. The van der Waals surface area contributed by atoms with Crippen LogP contribution in [0.2, 0.25) is 0 Å². The van der Waals surface area contributed by atoms with Crippen LogP contribution < -0.4 is 0 Å². The standard InChI is InChI=1S/C12H13F3OS/c1-8(2)7-17-10-4-3-9(6-16)11(5-10)12(13,14)15/h3-6,8H,7H2,1-2H3. The Kier molecular flexibility index (Phi) is 4.62. The van der Waals surface area contributed by atoms with Crippen molar-refractivity contribution in [1.29, 1.82) is 0 Å². The molecule has 0 unspecified atom stereocenters. The first kappa shape index (κ1) is 14.1. The Hall–Kier alpha value is -0.970. The van der Waals surface area contributed by atoms with Crippen LogP contribution in [0, 0.1) is 5.92 Å². The van der Waals surface area contributed by atoms with Crippen molar-refractivity contribution in [2.45, 2.75) is 24.9 Å². The summed E-state index contributed by atoms with van der Waals surface area (Å²) < 4.78 is 37.9. The summed E-state index contributed by atoms with van der Waals surface area (Å²) in [5.41, 5.74) is -1.17. The molecule has 5 heteroatoms. The van der Waals surface area contributed by atoms with Gasteiger partial charge in [-0.05, 0) is 24.1 Å². The Bertz CT molecular complexity index is 399. The molecule has 0 aliphatic heterocycles. The predicted molar refractivity (Wildman–Crippen MR) is 62.4 cm³/mol. The predicted octanol–water partition coefficient (Wildman–Crippen LogP) is 4.27. The average Bonchev–Trinajstić information content (AvgIpc) is 2.24. The van der Waals surface area contributed by atoms with E-state index in [2.05, 4.69) is 0 Å². The van der Waals surface area contributed by atoms with Gasteiger partial charge in [0.05, 0.1) is 5.56 Å². The number of hydrogen-bond acceptors (Lipinski definition) is 2. The van der Waals surface area contributed by atoms with E-state index in [1.165, 1.54) is 17.8 Å². The molecule has 0 spiro atoms. The molecule has 1 aromatic rings. The van der Waals surface area contributed by atoms with Crippen LogP contribution in [0.5, 0.6) is 0 Å². The maximum Gasteiger partial charge on any atom is 0.417 e. The highest BCUT2D eigenvalue weighted by atomic mass is 32.2. The second-order valence-corrected chi connectivity index (χ2v) is 5.16. The fraction of sp³-hybridized carbons (Fsp3) is 0.417. The smallest absolute Gasteiger partial charge is 0.298 e. The van der Waals surface area contributed by atoms with Crippen LogP contribution in [-0.2, 0) is 6.18 Å². The molecule has 0 amide bonds. The Morgan fingerprint density at radius 2 is 2.00 bits per heavy atom. The van der Waals surface area contributed by atoms with E-state index >= 15 is 0 Å². The van der Waals surface area contributed by atoms with Gasteiger partial charge in [0.15, 0.2) is 6.29 Å². The maximum atomic E-state index is 12.6. The molecule has 1 nitrogen and oxygen atoms in total. The first-order valence-electron chi connectivity index (χ1n) is 5.14. The third-order valence-corrected chi connectivity index (χ3v) is 3.46. The second kappa shape index (κ2) is 5.58. The minimum absolute atomic E-state index is 0.236. The van der Waals surface area contributed by atoms with Crippen LogP contribution in [-0.4, -0.2) is 12.0 Å². The van der Waals surface area contributed by atoms with Crippen molar-refractivity contribution in [1.82, 2.24) is 0 Å². The molecule has 0 aliphatic rings. The minimum atomic E-state index is -4.48. The summed E-state index contributed by atoms with van der Waals surface area (Å²) in [6, 6.07) is 3.81. The molecule has 1 aromatic carbocycles. The van der Waals surface area contributed by atoms with Gasteiger partial charge >= 0.3 is 6.18 Å². The van der Waals surface area contributed by atoms with Crippen LogP contribution in [0.3, 0.4) is 0 Å². The quantitative estimate of drug-likeness (QED) is 0.595. The summed E-state index contributed by atoms with van der Waals surface area (Å²) in [5, 5.41) is 0. The van der Waals surface area contributed by atoms with Gasteiger partial charge in [0, 0.05) is 16.2 Å². The van der Waals surface area contributed by atoms with E-state index in [-0.39, 0.29) is 11.8 Å². The van der Waals surface area contributed by atoms with Crippen molar-refractivity contribution in [2.75, 3.05) is 5.75 Å². The lowest BCUT2D eigenvalue weighted by Gasteiger charge is -2.11. The number of thioether (sulfide) groups is 1. The van der Waals surface area contributed by atoms with Gasteiger partial charge in [0.2, 0.25) is 0 Å². The lowest BCUT2D eigenvalue weighted by Crippen LogP contribution is -2.09. The number of halogens is 3. The highest BCUT2D eigenvalue weighted by molar-refractivity contribution is 7.99. The van der Waals surface area contributed by atoms with E-state index < -0.39 is 11.7 Å². The number of carbonyl (C=O) groups is 1. The van der Waals surface area contributed by atoms with Crippen molar-refractivity contribution >= 4 is 18.0 Å². The fourth-order valence-corrected chi connectivity index (χ4v) is 2.13. The molecule has 94 valence electrons. The van der Waals surface area contributed by atoms with Crippen molar-refractivity contribution < 1.29 is 18.0 Å². The molecule has 0 N–H and O–H groups in total. The number of aldehydes is 1. The second-order valence-electron chi connectivity index (χ2n) is 4.07. The highest BCUT2D eigenvalue weighted by Crippen LogP contribution is 2.34. The summed E-state index contributed by atoms with van der Waals surface area (Å²) in [7, 11) is 0. The fourth-order valence-electron chi connectivity index (χ4n) is 1.24. The van der Waals surface area contributed by atoms with Gasteiger partial charge < -0.3 is 0 Å². The van der Waals surface area contributed by atoms with Crippen LogP contribution in [0.4, 0.5) is 13.2 Å². The van der Waals surface area contributed by atoms with Crippen molar-refractivity contribution in [3.8, 4) is 0 Å². The zero-order valence-corrected chi connectivity index (χ0v) is 10.4. The first-order chi connectivity index (χ1) is 7.84. The van der Waals surface area contributed by atoms with Gasteiger partial charge in [-0.25, -0.2) is 0 Å². The van der Waals surface area contributed by atoms with E-state index in [0.717, 1.165) is 11.8 Å². The van der Waals surface area contributed by atoms with Gasteiger partial charge in [0.25, 0.3) is 0 Å². The van der Waals surface area contributed by atoms with Gasteiger partial charge in [-0.2, -0.15) is 13.2 Å². The average molecular weight is 262 g/mol. The van der Waals surface area contributed by atoms with E-state index in [0.29, 0.717) is 10.8 Å².